The van der Waals surface area contributed by atoms with Crippen molar-refractivity contribution in [2.24, 2.45) is 0 Å². The van der Waals surface area contributed by atoms with Gasteiger partial charge in [0.1, 0.15) is 11.4 Å². The molecule has 110 valence electrons. The SMILES string of the molecule is COc1ccc(/C=C2\NC(=S)N(c3ccccc3)C2=O)cc1. The Labute approximate surface area is 134 Å². The van der Waals surface area contributed by atoms with Gasteiger partial charge >= 0.3 is 0 Å². The van der Waals surface area contributed by atoms with Gasteiger partial charge in [-0.1, -0.05) is 30.3 Å². The van der Waals surface area contributed by atoms with Gasteiger partial charge in [0.2, 0.25) is 0 Å². The third-order valence-corrected chi connectivity index (χ3v) is 3.60. The fourth-order valence-corrected chi connectivity index (χ4v) is 2.51. The number of anilines is 1. The van der Waals surface area contributed by atoms with Gasteiger partial charge in [0.05, 0.1) is 12.8 Å². The number of ether oxygens (including phenoxy) is 1. The molecular formula is C17H14N2O2S. The summed E-state index contributed by atoms with van der Waals surface area (Å²) in [6, 6.07) is 16.8. The number of para-hydroxylation sites is 1. The van der Waals surface area contributed by atoms with E-state index in [1.807, 2.05) is 54.6 Å². The molecule has 0 bridgehead atoms. The van der Waals surface area contributed by atoms with Gasteiger partial charge in [-0.3, -0.25) is 9.69 Å². The molecule has 1 saturated heterocycles. The summed E-state index contributed by atoms with van der Waals surface area (Å²) in [5.41, 5.74) is 2.11. The number of hydrogen-bond acceptors (Lipinski definition) is 3. The molecule has 0 saturated carbocycles. The fourth-order valence-electron chi connectivity index (χ4n) is 2.21. The van der Waals surface area contributed by atoms with Crippen molar-refractivity contribution in [2.75, 3.05) is 12.0 Å². The Hall–Kier alpha value is -2.66. The van der Waals surface area contributed by atoms with Gasteiger partial charge in [-0.25, -0.2) is 0 Å². The monoisotopic (exact) mass is 310 g/mol. The number of methoxy groups -OCH3 is 1. The Morgan fingerprint density at radius 3 is 2.41 bits per heavy atom. The Bertz CT molecular complexity index is 739. The number of rotatable bonds is 3. The molecule has 4 nitrogen and oxygen atoms in total. The first kappa shape index (κ1) is 14.3. The summed E-state index contributed by atoms with van der Waals surface area (Å²) in [4.78, 5) is 14.0. The van der Waals surface area contributed by atoms with E-state index in [-0.39, 0.29) is 5.91 Å². The number of thiocarbonyl (C=S) groups is 1. The first-order chi connectivity index (χ1) is 10.7. The third-order valence-electron chi connectivity index (χ3n) is 3.32. The number of carbonyl (C=O) groups is 1. The molecule has 5 heteroatoms. The topological polar surface area (TPSA) is 41.6 Å². The molecule has 2 aromatic carbocycles. The molecule has 1 aliphatic rings. The lowest BCUT2D eigenvalue weighted by Gasteiger charge is -2.13. The molecule has 1 amide bonds. The Kier molecular flexibility index (Phi) is 3.89. The smallest absolute Gasteiger partial charge is 0.281 e. The number of benzene rings is 2. The van der Waals surface area contributed by atoms with Gasteiger partial charge in [-0.15, -0.1) is 0 Å². The highest BCUT2D eigenvalue weighted by molar-refractivity contribution is 7.80. The molecule has 0 spiro atoms. The van der Waals surface area contributed by atoms with Crippen molar-refractivity contribution in [3.05, 3.63) is 65.9 Å². The predicted molar refractivity (Wildman–Crippen MR) is 90.6 cm³/mol. The molecule has 22 heavy (non-hydrogen) atoms. The van der Waals surface area contributed by atoms with E-state index in [9.17, 15) is 4.79 Å². The van der Waals surface area contributed by atoms with E-state index in [0.717, 1.165) is 17.0 Å². The highest BCUT2D eigenvalue weighted by Crippen LogP contribution is 2.22. The van der Waals surface area contributed by atoms with Crippen LogP contribution in [0.2, 0.25) is 0 Å². The van der Waals surface area contributed by atoms with E-state index in [1.165, 1.54) is 4.90 Å². The first-order valence-electron chi connectivity index (χ1n) is 6.75. The second-order valence-corrected chi connectivity index (χ2v) is 5.12. The van der Waals surface area contributed by atoms with Crippen molar-refractivity contribution >= 4 is 35.0 Å². The Balaban J connectivity index is 1.88. The zero-order valence-electron chi connectivity index (χ0n) is 11.9. The van der Waals surface area contributed by atoms with E-state index in [4.69, 9.17) is 17.0 Å². The summed E-state index contributed by atoms with van der Waals surface area (Å²) < 4.78 is 5.12. The molecule has 0 radical (unpaired) electrons. The molecule has 1 heterocycles. The molecule has 0 atom stereocenters. The minimum absolute atomic E-state index is 0.160. The molecule has 0 aromatic heterocycles. The standard InChI is InChI=1S/C17H14N2O2S/c1-21-14-9-7-12(8-10-14)11-15-16(20)19(17(22)18-15)13-5-3-2-4-6-13/h2-11H,1H3,(H,18,22)/b15-11-. The van der Waals surface area contributed by atoms with Crippen LogP contribution in [-0.4, -0.2) is 18.1 Å². The lowest BCUT2D eigenvalue weighted by atomic mass is 10.2. The maximum Gasteiger partial charge on any atom is 0.281 e. The number of nitrogens with zero attached hydrogens (tertiary/aromatic N) is 1. The summed E-state index contributed by atoms with van der Waals surface area (Å²) in [5, 5.41) is 3.35. The van der Waals surface area contributed by atoms with Crippen molar-refractivity contribution in [1.82, 2.24) is 5.32 Å². The highest BCUT2D eigenvalue weighted by Gasteiger charge is 2.31. The second kappa shape index (κ2) is 5.99. The molecule has 3 rings (SSSR count). The van der Waals surface area contributed by atoms with Crippen LogP contribution in [0.3, 0.4) is 0 Å². The third kappa shape index (κ3) is 2.71. The average molecular weight is 310 g/mol. The van der Waals surface area contributed by atoms with E-state index in [0.29, 0.717) is 10.8 Å². The van der Waals surface area contributed by atoms with E-state index < -0.39 is 0 Å². The van der Waals surface area contributed by atoms with Crippen LogP contribution in [0, 0.1) is 0 Å². The summed E-state index contributed by atoms with van der Waals surface area (Å²) in [6.07, 6.45) is 1.77. The molecule has 1 fully saturated rings. The van der Waals surface area contributed by atoms with Crippen LogP contribution in [-0.2, 0) is 4.79 Å². The number of nitrogens with one attached hydrogen (secondary N) is 1. The summed E-state index contributed by atoms with van der Waals surface area (Å²) in [6.45, 7) is 0. The van der Waals surface area contributed by atoms with Gasteiger partial charge in [0.15, 0.2) is 5.11 Å². The predicted octanol–water partition coefficient (Wildman–Crippen LogP) is 2.96. The minimum Gasteiger partial charge on any atom is -0.497 e. The molecule has 2 aromatic rings. The van der Waals surface area contributed by atoms with Crippen molar-refractivity contribution in [3.8, 4) is 5.75 Å². The first-order valence-corrected chi connectivity index (χ1v) is 7.16. The Morgan fingerprint density at radius 1 is 1.09 bits per heavy atom. The van der Waals surface area contributed by atoms with Gasteiger partial charge in [-0.2, -0.15) is 0 Å². The molecular weight excluding hydrogens is 296 g/mol. The van der Waals surface area contributed by atoms with E-state index in [1.54, 1.807) is 13.2 Å². The minimum atomic E-state index is -0.160. The lowest BCUT2D eigenvalue weighted by Crippen LogP contribution is -2.30. The van der Waals surface area contributed by atoms with Crippen LogP contribution in [0.4, 0.5) is 5.69 Å². The zero-order valence-corrected chi connectivity index (χ0v) is 12.8. The van der Waals surface area contributed by atoms with Gasteiger partial charge < -0.3 is 10.1 Å². The molecule has 0 unspecified atom stereocenters. The van der Waals surface area contributed by atoms with Crippen molar-refractivity contribution < 1.29 is 9.53 Å². The fraction of sp³-hybridized carbons (Fsp3) is 0.0588. The van der Waals surface area contributed by atoms with Gasteiger partial charge in [0.25, 0.3) is 5.91 Å². The van der Waals surface area contributed by atoms with Crippen LogP contribution >= 0.6 is 12.2 Å². The van der Waals surface area contributed by atoms with Crippen molar-refractivity contribution in [2.45, 2.75) is 0 Å². The largest absolute Gasteiger partial charge is 0.497 e. The molecule has 1 N–H and O–H groups in total. The number of carbonyl (C=O) groups excluding carboxylic acids is 1. The van der Waals surface area contributed by atoms with Gasteiger partial charge in [-0.05, 0) is 48.1 Å². The molecule has 0 aliphatic carbocycles. The zero-order chi connectivity index (χ0) is 15.5. The number of hydrogen-bond donors (Lipinski definition) is 1. The summed E-state index contributed by atoms with van der Waals surface area (Å²) in [7, 11) is 1.62. The van der Waals surface area contributed by atoms with E-state index >= 15 is 0 Å². The maximum absolute atomic E-state index is 12.5. The maximum atomic E-state index is 12.5. The lowest BCUT2D eigenvalue weighted by molar-refractivity contribution is -0.113. The second-order valence-electron chi connectivity index (χ2n) is 4.74. The molecule has 1 aliphatic heterocycles. The number of amides is 1. The van der Waals surface area contributed by atoms with Crippen molar-refractivity contribution in [1.29, 1.82) is 0 Å². The Morgan fingerprint density at radius 2 is 1.77 bits per heavy atom. The van der Waals surface area contributed by atoms with E-state index in [2.05, 4.69) is 5.32 Å². The van der Waals surface area contributed by atoms with Gasteiger partial charge in [0, 0.05) is 0 Å². The van der Waals surface area contributed by atoms with Crippen LogP contribution in [0.15, 0.2) is 60.3 Å². The van der Waals surface area contributed by atoms with Crippen molar-refractivity contribution in [3.63, 3.8) is 0 Å². The normalized spacial score (nSPS) is 16.0. The van der Waals surface area contributed by atoms with Crippen LogP contribution in [0.25, 0.3) is 6.08 Å². The quantitative estimate of drug-likeness (QED) is 0.699. The van der Waals surface area contributed by atoms with Crippen LogP contribution in [0.5, 0.6) is 5.75 Å². The summed E-state index contributed by atoms with van der Waals surface area (Å²) >= 11 is 5.27. The highest BCUT2D eigenvalue weighted by atomic mass is 32.1. The average Bonchev–Trinajstić information content (AvgIpc) is 2.83. The van der Waals surface area contributed by atoms with Crippen LogP contribution < -0.4 is 15.0 Å². The van der Waals surface area contributed by atoms with Crippen LogP contribution in [0.1, 0.15) is 5.56 Å². The summed E-state index contributed by atoms with van der Waals surface area (Å²) in [5.74, 6) is 0.612.